The van der Waals surface area contributed by atoms with Crippen molar-refractivity contribution < 1.29 is 18.7 Å². The van der Waals surface area contributed by atoms with Gasteiger partial charge in [0.2, 0.25) is 0 Å². The molecule has 84 valence electrons. The highest BCUT2D eigenvalue weighted by molar-refractivity contribution is 5.67. The van der Waals surface area contributed by atoms with E-state index in [1.807, 2.05) is 0 Å². The number of carbonyl (C=O) groups is 1. The van der Waals surface area contributed by atoms with Crippen molar-refractivity contribution in [2.75, 3.05) is 6.54 Å². The molecule has 0 saturated carbocycles. The van der Waals surface area contributed by atoms with Crippen molar-refractivity contribution in [1.82, 2.24) is 4.90 Å². The number of carboxylic acid groups (broad SMARTS) is 1. The predicted octanol–water partition coefficient (Wildman–Crippen LogP) is 2.56. The maximum absolute atomic E-state index is 13.4. The van der Waals surface area contributed by atoms with Crippen molar-refractivity contribution in [3.63, 3.8) is 0 Å². The molecule has 1 aromatic carbocycles. The summed E-state index contributed by atoms with van der Waals surface area (Å²) in [4.78, 5) is 11.7. The Balaban J connectivity index is 2.24. The van der Waals surface area contributed by atoms with Crippen molar-refractivity contribution >= 4 is 6.09 Å². The minimum Gasteiger partial charge on any atom is -0.465 e. The van der Waals surface area contributed by atoms with Crippen LogP contribution in [0.4, 0.5) is 13.6 Å². The van der Waals surface area contributed by atoms with Gasteiger partial charge in [-0.25, -0.2) is 13.6 Å². The molecule has 1 heterocycles. The molecule has 1 aromatic rings. The van der Waals surface area contributed by atoms with Gasteiger partial charge in [0.15, 0.2) is 0 Å². The Bertz CT molecular complexity index is 459. The SMILES string of the molecule is O=C(O)N1C=CC(c2cc(F)ccc2F)C1. The molecule has 0 radical (unpaired) electrons. The molecule has 1 aliphatic rings. The van der Waals surface area contributed by atoms with Crippen LogP contribution in [-0.4, -0.2) is 22.6 Å². The van der Waals surface area contributed by atoms with E-state index in [9.17, 15) is 13.6 Å². The Kier molecular flexibility index (Phi) is 2.60. The topological polar surface area (TPSA) is 40.5 Å². The first-order valence-corrected chi connectivity index (χ1v) is 4.71. The molecule has 1 aliphatic heterocycles. The van der Waals surface area contributed by atoms with E-state index >= 15 is 0 Å². The summed E-state index contributed by atoms with van der Waals surface area (Å²) in [5.74, 6) is -1.48. The van der Waals surface area contributed by atoms with Crippen molar-refractivity contribution in [2.45, 2.75) is 5.92 Å². The summed E-state index contributed by atoms with van der Waals surface area (Å²) in [6, 6.07) is 3.17. The summed E-state index contributed by atoms with van der Waals surface area (Å²) >= 11 is 0. The highest BCUT2D eigenvalue weighted by atomic mass is 19.1. The molecule has 1 unspecified atom stereocenters. The van der Waals surface area contributed by atoms with Crippen LogP contribution in [0.25, 0.3) is 0 Å². The van der Waals surface area contributed by atoms with Gasteiger partial charge in [-0.1, -0.05) is 6.08 Å². The fraction of sp³-hybridized carbons (Fsp3) is 0.182. The molecule has 16 heavy (non-hydrogen) atoms. The second-order valence-corrected chi connectivity index (χ2v) is 3.55. The van der Waals surface area contributed by atoms with Gasteiger partial charge in [-0.2, -0.15) is 0 Å². The highest BCUT2D eigenvalue weighted by Crippen LogP contribution is 2.27. The smallest absolute Gasteiger partial charge is 0.411 e. The molecule has 2 rings (SSSR count). The second kappa shape index (κ2) is 3.92. The van der Waals surface area contributed by atoms with E-state index < -0.39 is 23.6 Å². The van der Waals surface area contributed by atoms with Gasteiger partial charge in [-0.05, 0) is 23.8 Å². The summed E-state index contributed by atoms with van der Waals surface area (Å²) in [6.07, 6.45) is 1.80. The van der Waals surface area contributed by atoms with E-state index in [0.717, 1.165) is 23.1 Å². The second-order valence-electron chi connectivity index (χ2n) is 3.55. The lowest BCUT2D eigenvalue weighted by Crippen LogP contribution is -2.23. The Morgan fingerprint density at radius 1 is 1.44 bits per heavy atom. The number of hydrogen-bond donors (Lipinski definition) is 1. The molecule has 0 spiro atoms. The third kappa shape index (κ3) is 1.88. The number of halogens is 2. The highest BCUT2D eigenvalue weighted by Gasteiger charge is 2.24. The summed E-state index contributed by atoms with van der Waals surface area (Å²) in [5.41, 5.74) is 0.181. The van der Waals surface area contributed by atoms with Gasteiger partial charge in [0.05, 0.1) is 0 Å². The van der Waals surface area contributed by atoms with Gasteiger partial charge in [0.25, 0.3) is 0 Å². The van der Waals surface area contributed by atoms with Crippen LogP contribution in [0.5, 0.6) is 0 Å². The van der Waals surface area contributed by atoms with E-state index in [1.165, 1.54) is 6.20 Å². The Labute approximate surface area is 90.6 Å². The predicted molar refractivity (Wildman–Crippen MR) is 53.0 cm³/mol. The van der Waals surface area contributed by atoms with Gasteiger partial charge >= 0.3 is 6.09 Å². The minimum absolute atomic E-state index is 0.121. The molecule has 3 nitrogen and oxygen atoms in total. The van der Waals surface area contributed by atoms with Crippen LogP contribution in [0.15, 0.2) is 30.5 Å². The fourth-order valence-corrected chi connectivity index (χ4v) is 1.68. The van der Waals surface area contributed by atoms with E-state index in [0.29, 0.717) is 0 Å². The molecule has 0 bridgehead atoms. The summed E-state index contributed by atoms with van der Waals surface area (Å²) in [5, 5.41) is 8.71. The van der Waals surface area contributed by atoms with Crippen LogP contribution < -0.4 is 0 Å². The quantitative estimate of drug-likeness (QED) is 0.797. The lowest BCUT2D eigenvalue weighted by molar-refractivity contribution is 0.165. The normalized spacial score (nSPS) is 19.1. The molecule has 0 aliphatic carbocycles. The van der Waals surface area contributed by atoms with Crippen molar-refractivity contribution in [3.8, 4) is 0 Å². The third-order valence-electron chi connectivity index (χ3n) is 2.49. The average Bonchev–Trinajstić information content (AvgIpc) is 2.70. The van der Waals surface area contributed by atoms with Gasteiger partial charge < -0.3 is 5.11 Å². The van der Waals surface area contributed by atoms with Crippen molar-refractivity contribution in [1.29, 1.82) is 0 Å². The molecule has 0 saturated heterocycles. The fourth-order valence-electron chi connectivity index (χ4n) is 1.68. The molecule has 1 N–H and O–H groups in total. The van der Waals surface area contributed by atoms with Crippen LogP contribution >= 0.6 is 0 Å². The lowest BCUT2D eigenvalue weighted by atomic mass is 10.00. The van der Waals surface area contributed by atoms with E-state index in [4.69, 9.17) is 5.11 Å². The number of hydrogen-bond acceptors (Lipinski definition) is 1. The standard InChI is InChI=1S/C11H9F2NO2/c12-8-1-2-10(13)9(5-8)7-3-4-14(6-7)11(15)16/h1-5,7H,6H2,(H,15,16). The molecule has 5 heteroatoms. The summed E-state index contributed by atoms with van der Waals surface area (Å²) in [7, 11) is 0. The maximum atomic E-state index is 13.4. The number of nitrogens with zero attached hydrogens (tertiary/aromatic N) is 1. The van der Waals surface area contributed by atoms with Crippen LogP contribution in [0.2, 0.25) is 0 Å². The molecule has 1 atom stereocenters. The van der Waals surface area contributed by atoms with Crippen LogP contribution in [-0.2, 0) is 0 Å². The van der Waals surface area contributed by atoms with E-state index in [-0.39, 0.29) is 12.1 Å². The average molecular weight is 225 g/mol. The zero-order valence-corrected chi connectivity index (χ0v) is 8.23. The van der Waals surface area contributed by atoms with Gasteiger partial charge in [-0.3, -0.25) is 4.90 Å². The number of rotatable bonds is 1. The molecular formula is C11H9F2NO2. The van der Waals surface area contributed by atoms with Crippen molar-refractivity contribution in [2.24, 2.45) is 0 Å². The first-order chi connectivity index (χ1) is 7.58. The largest absolute Gasteiger partial charge is 0.465 e. The van der Waals surface area contributed by atoms with Gasteiger partial charge in [0.1, 0.15) is 11.6 Å². The van der Waals surface area contributed by atoms with Crippen molar-refractivity contribution in [3.05, 3.63) is 47.7 Å². The maximum Gasteiger partial charge on any atom is 0.411 e. The lowest BCUT2D eigenvalue weighted by Gasteiger charge is -2.13. The monoisotopic (exact) mass is 225 g/mol. The summed E-state index contributed by atoms with van der Waals surface area (Å²) in [6.45, 7) is 0.121. The molecular weight excluding hydrogens is 216 g/mol. The molecule has 0 aromatic heterocycles. The zero-order valence-electron chi connectivity index (χ0n) is 8.23. The van der Waals surface area contributed by atoms with Crippen LogP contribution in [0, 0.1) is 11.6 Å². The van der Waals surface area contributed by atoms with E-state index in [2.05, 4.69) is 0 Å². The first-order valence-electron chi connectivity index (χ1n) is 4.71. The minimum atomic E-state index is -1.10. The Morgan fingerprint density at radius 3 is 2.81 bits per heavy atom. The Morgan fingerprint density at radius 2 is 2.19 bits per heavy atom. The third-order valence-corrected chi connectivity index (χ3v) is 2.49. The molecule has 0 fully saturated rings. The first kappa shape index (κ1) is 10.6. The van der Waals surface area contributed by atoms with Crippen LogP contribution in [0.1, 0.15) is 11.5 Å². The number of amides is 1. The Hall–Kier alpha value is -1.91. The zero-order chi connectivity index (χ0) is 11.7. The van der Waals surface area contributed by atoms with Gasteiger partial charge in [0, 0.05) is 18.7 Å². The summed E-state index contributed by atoms with van der Waals surface area (Å²) < 4.78 is 26.3. The van der Waals surface area contributed by atoms with E-state index in [1.54, 1.807) is 6.08 Å². The number of benzene rings is 1. The van der Waals surface area contributed by atoms with Crippen LogP contribution in [0.3, 0.4) is 0 Å². The molecule has 1 amide bonds. The van der Waals surface area contributed by atoms with Gasteiger partial charge in [-0.15, -0.1) is 0 Å².